The van der Waals surface area contributed by atoms with Crippen LogP contribution in [-0.2, 0) is 14.3 Å². The van der Waals surface area contributed by atoms with E-state index < -0.39 is 9.39 Å². The molecule has 2 rings (SSSR count). The Balaban J connectivity index is 2.44. The van der Waals surface area contributed by atoms with Crippen molar-refractivity contribution in [3.63, 3.8) is 0 Å². The van der Waals surface area contributed by atoms with Gasteiger partial charge in [-0.15, -0.1) is 0 Å². The molecule has 0 bridgehead atoms. The normalized spacial score (nSPS) is 39.6. The summed E-state index contributed by atoms with van der Waals surface area (Å²) in [6.45, 7) is 0. The Morgan fingerprint density at radius 3 is 3.00 bits per heavy atom. The van der Waals surface area contributed by atoms with Crippen molar-refractivity contribution in [2.24, 2.45) is 5.92 Å². The summed E-state index contributed by atoms with van der Waals surface area (Å²) in [6, 6.07) is 0. The van der Waals surface area contributed by atoms with Crippen LogP contribution in [0.3, 0.4) is 0 Å². The number of halogens is 1. The minimum absolute atomic E-state index is 0.254. The molecule has 3 nitrogen and oxygen atoms in total. The first-order chi connectivity index (χ1) is 5.64. The standard InChI is InChI=1S/C8H7IO3/c9-8-4-2-1-3-5(8)6(10)12-7(8)11/h2,4-5H,1,3H2. The molecule has 1 saturated heterocycles. The van der Waals surface area contributed by atoms with Crippen molar-refractivity contribution in [1.82, 2.24) is 0 Å². The first-order valence-electron chi connectivity index (χ1n) is 3.77. The molecule has 0 saturated carbocycles. The lowest BCUT2D eigenvalue weighted by Gasteiger charge is -2.22. The molecule has 0 spiro atoms. The average molecular weight is 278 g/mol. The molecule has 0 N–H and O–H groups in total. The van der Waals surface area contributed by atoms with Crippen molar-refractivity contribution < 1.29 is 14.3 Å². The van der Waals surface area contributed by atoms with Gasteiger partial charge in [0.05, 0.1) is 5.92 Å². The molecule has 0 aromatic heterocycles. The van der Waals surface area contributed by atoms with E-state index in [-0.39, 0.29) is 11.9 Å². The van der Waals surface area contributed by atoms with Gasteiger partial charge in [0.15, 0.2) is 3.42 Å². The van der Waals surface area contributed by atoms with Crippen molar-refractivity contribution in [2.75, 3.05) is 0 Å². The van der Waals surface area contributed by atoms with Crippen molar-refractivity contribution in [2.45, 2.75) is 16.3 Å². The molecule has 1 fully saturated rings. The fraction of sp³-hybridized carbons (Fsp3) is 0.500. The van der Waals surface area contributed by atoms with Gasteiger partial charge in [-0.05, 0) is 12.8 Å². The SMILES string of the molecule is O=C1OC(=O)C2(I)C=CCCC12. The molecule has 0 amide bonds. The van der Waals surface area contributed by atoms with Crippen LogP contribution in [0.1, 0.15) is 12.8 Å². The molecule has 1 aliphatic heterocycles. The Morgan fingerprint density at radius 1 is 1.58 bits per heavy atom. The lowest BCUT2D eigenvalue weighted by Crippen LogP contribution is -2.34. The molecule has 2 atom stereocenters. The van der Waals surface area contributed by atoms with E-state index >= 15 is 0 Å². The van der Waals surface area contributed by atoms with Crippen LogP contribution in [0, 0.1) is 5.92 Å². The van der Waals surface area contributed by atoms with Gasteiger partial charge in [0.25, 0.3) is 0 Å². The monoisotopic (exact) mass is 278 g/mol. The highest BCUT2D eigenvalue weighted by Crippen LogP contribution is 2.43. The molecular formula is C8H7IO3. The molecule has 2 aliphatic rings. The van der Waals surface area contributed by atoms with Gasteiger partial charge in [-0.2, -0.15) is 0 Å². The number of carbonyl (C=O) groups is 2. The number of alkyl halides is 1. The van der Waals surface area contributed by atoms with Crippen LogP contribution in [0.15, 0.2) is 12.2 Å². The largest absolute Gasteiger partial charge is 0.392 e. The van der Waals surface area contributed by atoms with Gasteiger partial charge in [0, 0.05) is 0 Å². The summed E-state index contributed by atoms with van der Waals surface area (Å²) in [5.74, 6) is -1.02. The molecule has 64 valence electrons. The lowest BCUT2D eigenvalue weighted by atomic mass is 9.86. The van der Waals surface area contributed by atoms with Crippen LogP contribution >= 0.6 is 22.6 Å². The third-order valence-electron chi connectivity index (χ3n) is 2.28. The van der Waals surface area contributed by atoms with Crippen LogP contribution in [-0.4, -0.2) is 15.4 Å². The van der Waals surface area contributed by atoms with Crippen molar-refractivity contribution >= 4 is 34.5 Å². The molecular weight excluding hydrogens is 271 g/mol. The summed E-state index contributed by atoms with van der Waals surface area (Å²) in [6.07, 6.45) is 5.31. The van der Waals surface area contributed by atoms with E-state index in [0.717, 1.165) is 12.8 Å². The summed E-state index contributed by atoms with van der Waals surface area (Å²) >= 11 is 2.00. The summed E-state index contributed by atoms with van der Waals surface area (Å²) in [4.78, 5) is 22.4. The van der Waals surface area contributed by atoms with Gasteiger partial charge >= 0.3 is 11.9 Å². The van der Waals surface area contributed by atoms with E-state index in [4.69, 9.17) is 0 Å². The first kappa shape index (κ1) is 8.22. The number of hydrogen-bond donors (Lipinski definition) is 0. The topological polar surface area (TPSA) is 43.4 Å². The van der Waals surface area contributed by atoms with E-state index in [9.17, 15) is 9.59 Å². The fourth-order valence-corrected chi connectivity index (χ4v) is 2.51. The van der Waals surface area contributed by atoms with Crippen LogP contribution in [0.25, 0.3) is 0 Å². The molecule has 0 radical (unpaired) electrons. The Hall–Kier alpha value is -0.390. The second-order valence-corrected chi connectivity index (χ2v) is 4.79. The minimum Gasteiger partial charge on any atom is -0.392 e. The molecule has 4 heteroatoms. The van der Waals surface area contributed by atoms with Crippen molar-refractivity contribution in [3.8, 4) is 0 Å². The van der Waals surface area contributed by atoms with E-state index in [2.05, 4.69) is 4.74 Å². The highest BCUT2D eigenvalue weighted by atomic mass is 127. The summed E-state index contributed by atoms with van der Waals surface area (Å²) < 4.78 is 3.87. The van der Waals surface area contributed by atoms with Crippen molar-refractivity contribution in [1.29, 1.82) is 0 Å². The quantitative estimate of drug-likeness (QED) is 0.220. The number of cyclic esters (lactones) is 2. The zero-order valence-corrected chi connectivity index (χ0v) is 8.41. The Labute approximate surface area is 83.3 Å². The van der Waals surface area contributed by atoms with Gasteiger partial charge in [-0.1, -0.05) is 34.7 Å². The molecule has 12 heavy (non-hydrogen) atoms. The van der Waals surface area contributed by atoms with Crippen molar-refractivity contribution in [3.05, 3.63) is 12.2 Å². The maximum Gasteiger partial charge on any atom is 0.334 e. The van der Waals surface area contributed by atoms with Crippen LogP contribution in [0.2, 0.25) is 0 Å². The zero-order chi connectivity index (χ0) is 8.77. The first-order valence-corrected chi connectivity index (χ1v) is 4.85. The molecule has 1 heterocycles. The lowest BCUT2D eigenvalue weighted by molar-refractivity contribution is -0.153. The van der Waals surface area contributed by atoms with E-state index in [1.54, 1.807) is 6.08 Å². The number of ether oxygens (including phenoxy) is 1. The smallest absolute Gasteiger partial charge is 0.334 e. The third-order valence-corrected chi connectivity index (χ3v) is 3.83. The maximum atomic E-state index is 11.2. The predicted molar refractivity (Wildman–Crippen MR) is 49.7 cm³/mol. The van der Waals surface area contributed by atoms with Crippen LogP contribution in [0.4, 0.5) is 0 Å². The summed E-state index contributed by atoms with van der Waals surface area (Å²) in [7, 11) is 0. The minimum atomic E-state index is -0.701. The molecule has 0 aromatic carbocycles. The van der Waals surface area contributed by atoms with E-state index in [1.165, 1.54) is 0 Å². The number of hydrogen-bond acceptors (Lipinski definition) is 3. The van der Waals surface area contributed by atoms with Crippen LogP contribution < -0.4 is 0 Å². The number of fused-ring (bicyclic) bond motifs is 1. The molecule has 0 aromatic rings. The molecule has 2 unspecified atom stereocenters. The Morgan fingerprint density at radius 2 is 2.33 bits per heavy atom. The average Bonchev–Trinajstić information content (AvgIpc) is 2.25. The zero-order valence-electron chi connectivity index (χ0n) is 6.25. The van der Waals surface area contributed by atoms with Gasteiger partial charge in [-0.25, -0.2) is 4.79 Å². The van der Waals surface area contributed by atoms with Gasteiger partial charge in [0.1, 0.15) is 0 Å². The molecule has 1 aliphatic carbocycles. The highest BCUT2D eigenvalue weighted by Gasteiger charge is 2.55. The van der Waals surface area contributed by atoms with Gasteiger partial charge in [-0.3, -0.25) is 4.79 Å². The predicted octanol–water partition coefficient (Wildman–Crippen LogP) is 1.21. The third kappa shape index (κ3) is 0.935. The second-order valence-electron chi connectivity index (χ2n) is 3.01. The fourth-order valence-electron chi connectivity index (χ4n) is 1.58. The number of rotatable bonds is 0. The Bertz CT molecular complexity index is 284. The maximum absolute atomic E-state index is 11.2. The van der Waals surface area contributed by atoms with Gasteiger partial charge in [0.2, 0.25) is 0 Å². The van der Waals surface area contributed by atoms with Crippen LogP contribution in [0.5, 0.6) is 0 Å². The van der Waals surface area contributed by atoms with E-state index in [0.29, 0.717) is 0 Å². The highest BCUT2D eigenvalue weighted by molar-refractivity contribution is 14.1. The number of allylic oxidation sites excluding steroid dienone is 1. The number of esters is 2. The van der Waals surface area contributed by atoms with Gasteiger partial charge < -0.3 is 4.74 Å². The van der Waals surface area contributed by atoms with E-state index in [1.807, 2.05) is 28.7 Å². The number of carbonyl (C=O) groups excluding carboxylic acids is 2. The summed E-state index contributed by atoms with van der Waals surface area (Å²) in [5.41, 5.74) is 0. The second kappa shape index (κ2) is 2.55. The summed E-state index contributed by atoms with van der Waals surface area (Å²) in [5, 5.41) is 0. The Kier molecular flexibility index (Phi) is 1.75.